The second-order valence-electron chi connectivity index (χ2n) is 6.32. The summed E-state index contributed by atoms with van der Waals surface area (Å²) in [6.45, 7) is 4.31. The van der Waals surface area contributed by atoms with Crippen molar-refractivity contribution in [1.29, 1.82) is 0 Å². The van der Waals surface area contributed by atoms with Crippen LogP contribution in [0.25, 0.3) is 0 Å². The first-order valence-corrected chi connectivity index (χ1v) is 8.85. The average molecular weight is 346 g/mol. The van der Waals surface area contributed by atoms with Gasteiger partial charge in [-0.05, 0) is 37.6 Å². The number of carbonyl (C=O) groups excluding carboxylic acids is 1. The van der Waals surface area contributed by atoms with Crippen LogP contribution in [0.4, 0.5) is 0 Å². The minimum atomic E-state index is -0.334. The molecule has 1 fully saturated rings. The van der Waals surface area contributed by atoms with E-state index < -0.39 is 0 Å². The van der Waals surface area contributed by atoms with Crippen LogP contribution in [0.1, 0.15) is 53.9 Å². The molecule has 3 heterocycles. The largest absolute Gasteiger partial charge is 0.464 e. The SMILES string of the molecule is CCc1ccc(C(COC)NC(=O)c2ccn(C3CCCNC3)n2)o1. The molecule has 0 spiro atoms. The highest BCUT2D eigenvalue weighted by molar-refractivity contribution is 5.92. The Morgan fingerprint density at radius 3 is 3.08 bits per heavy atom. The van der Waals surface area contributed by atoms with E-state index in [2.05, 4.69) is 15.7 Å². The van der Waals surface area contributed by atoms with Crippen LogP contribution in [-0.2, 0) is 11.2 Å². The van der Waals surface area contributed by atoms with Gasteiger partial charge in [0.15, 0.2) is 0 Å². The van der Waals surface area contributed by atoms with Crippen molar-refractivity contribution in [2.24, 2.45) is 0 Å². The predicted octanol–water partition coefficient (Wildman–Crippen LogP) is 2.08. The molecule has 0 bridgehead atoms. The van der Waals surface area contributed by atoms with Crippen LogP contribution >= 0.6 is 0 Å². The number of aryl methyl sites for hydroxylation is 1. The van der Waals surface area contributed by atoms with Crippen LogP contribution in [0.15, 0.2) is 28.8 Å². The van der Waals surface area contributed by atoms with E-state index in [-0.39, 0.29) is 11.9 Å². The number of methoxy groups -OCH3 is 1. The third-order valence-electron chi connectivity index (χ3n) is 4.50. The summed E-state index contributed by atoms with van der Waals surface area (Å²) in [5.74, 6) is 1.36. The van der Waals surface area contributed by atoms with Crippen molar-refractivity contribution in [3.05, 3.63) is 41.6 Å². The van der Waals surface area contributed by atoms with Gasteiger partial charge in [-0.25, -0.2) is 0 Å². The molecule has 7 heteroatoms. The van der Waals surface area contributed by atoms with Crippen molar-refractivity contribution in [3.8, 4) is 0 Å². The van der Waals surface area contributed by atoms with Crippen LogP contribution in [0.3, 0.4) is 0 Å². The van der Waals surface area contributed by atoms with Crippen molar-refractivity contribution in [3.63, 3.8) is 0 Å². The van der Waals surface area contributed by atoms with E-state index in [0.717, 1.165) is 38.1 Å². The van der Waals surface area contributed by atoms with Gasteiger partial charge in [-0.15, -0.1) is 0 Å². The molecule has 0 saturated carbocycles. The van der Waals surface area contributed by atoms with Crippen LogP contribution < -0.4 is 10.6 Å². The Morgan fingerprint density at radius 2 is 2.40 bits per heavy atom. The summed E-state index contributed by atoms with van der Waals surface area (Å²) in [4.78, 5) is 12.6. The van der Waals surface area contributed by atoms with Crippen molar-refractivity contribution in [2.75, 3.05) is 26.8 Å². The number of hydrogen-bond acceptors (Lipinski definition) is 5. The zero-order valence-electron chi connectivity index (χ0n) is 14.8. The lowest BCUT2D eigenvalue weighted by atomic mass is 10.1. The number of amides is 1. The first kappa shape index (κ1) is 17.7. The fraction of sp³-hybridized carbons (Fsp3) is 0.556. The summed E-state index contributed by atoms with van der Waals surface area (Å²) >= 11 is 0. The summed E-state index contributed by atoms with van der Waals surface area (Å²) in [7, 11) is 1.60. The Kier molecular flexibility index (Phi) is 5.88. The summed E-state index contributed by atoms with van der Waals surface area (Å²) in [6.07, 6.45) is 4.89. The van der Waals surface area contributed by atoms with Gasteiger partial charge in [0.2, 0.25) is 0 Å². The fourth-order valence-electron chi connectivity index (χ4n) is 3.09. The van der Waals surface area contributed by atoms with Gasteiger partial charge in [-0.1, -0.05) is 6.92 Å². The van der Waals surface area contributed by atoms with Crippen molar-refractivity contribution >= 4 is 5.91 Å². The van der Waals surface area contributed by atoms with Crippen LogP contribution in [0.2, 0.25) is 0 Å². The van der Waals surface area contributed by atoms with Gasteiger partial charge in [0.1, 0.15) is 23.3 Å². The van der Waals surface area contributed by atoms with Gasteiger partial charge >= 0.3 is 0 Å². The quantitative estimate of drug-likeness (QED) is 0.802. The Balaban J connectivity index is 1.67. The van der Waals surface area contributed by atoms with Gasteiger partial charge < -0.3 is 19.8 Å². The normalized spacial score (nSPS) is 18.9. The molecule has 0 radical (unpaired) electrons. The number of ether oxygens (including phenoxy) is 1. The highest BCUT2D eigenvalue weighted by Gasteiger charge is 2.22. The molecule has 1 aliphatic heterocycles. The zero-order valence-corrected chi connectivity index (χ0v) is 14.8. The molecule has 2 aromatic heterocycles. The second-order valence-corrected chi connectivity index (χ2v) is 6.32. The fourth-order valence-corrected chi connectivity index (χ4v) is 3.09. The third kappa shape index (κ3) is 4.29. The van der Waals surface area contributed by atoms with Crippen molar-refractivity contribution in [1.82, 2.24) is 20.4 Å². The molecule has 3 rings (SSSR count). The maximum absolute atomic E-state index is 12.6. The van der Waals surface area contributed by atoms with Gasteiger partial charge in [-0.2, -0.15) is 5.10 Å². The minimum absolute atomic E-state index is 0.223. The lowest BCUT2D eigenvalue weighted by Crippen LogP contribution is -2.33. The Bertz CT molecular complexity index is 688. The highest BCUT2D eigenvalue weighted by atomic mass is 16.5. The van der Waals surface area contributed by atoms with Crippen LogP contribution in [0, 0.1) is 0 Å². The molecule has 1 amide bonds. The number of hydrogen-bond donors (Lipinski definition) is 2. The van der Waals surface area contributed by atoms with E-state index in [9.17, 15) is 4.79 Å². The molecule has 2 atom stereocenters. The van der Waals surface area contributed by atoms with E-state index in [4.69, 9.17) is 9.15 Å². The van der Waals surface area contributed by atoms with E-state index in [1.807, 2.05) is 29.9 Å². The average Bonchev–Trinajstić information content (AvgIpc) is 3.31. The highest BCUT2D eigenvalue weighted by Crippen LogP contribution is 2.19. The molecule has 2 aromatic rings. The third-order valence-corrected chi connectivity index (χ3v) is 4.50. The van der Waals surface area contributed by atoms with Gasteiger partial charge in [0.25, 0.3) is 5.91 Å². The lowest BCUT2D eigenvalue weighted by molar-refractivity contribution is 0.0876. The number of nitrogens with zero attached hydrogens (tertiary/aromatic N) is 2. The molecule has 0 aromatic carbocycles. The summed E-state index contributed by atoms with van der Waals surface area (Å²) in [6, 6.07) is 5.54. The summed E-state index contributed by atoms with van der Waals surface area (Å²) in [5, 5.41) is 10.8. The number of rotatable bonds is 7. The van der Waals surface area contributed by atoms with Crippen LogP contribution in [-0.4, -0.2) is 42.5 Å². The molecule has 25 heavy (non-hydrogen) atoms. The Hall–Kier alpha value is -2.12. The van der Waals surface area contributed by atoms with E-state index in [1.165, 1.54) is 0 Å². The predicted molar refractivity (Wildman–Crippen MR) is 93.5 cm³/mol. The van der Waals surface area contributed by atoms with Gasteiger partial charge in [0, 0.05) is 26.3 Å². The number of furan rings is 1. The monoisotopic (exact) mass is 346 g/mol. The molecular weight excluding hydrogens is 320 g/mol. The molecule has 2 N–H and O–H groups in total. The molecular formula is C18H26N4O3. The Morgan fingerprint density at radius 1 is 1.52 bits per heavy atom. The van der Waals surface area contributed by atoms with E-state index in [1.54, 1.807) is 13.2 Å². The van der Waals surface area contributed by atoms with Gasteiger partial charge in [0.05, 0.1) is 12.6 Å². The zero-order chi connectivity index (χ0) is 17.6. The van der Waals surface area contributed by atoms with Gasteiger partial charge in [-0.3, -0.25) is 9.48 Å². The first-order chi connectivity index (χ1) is 12.2. The molecule has 0 aliphatic carbocycles. The van der Waals surface area contributed by atoms with Crippen molar-refractivity contribution in [2.45, 2.75) is 38.3 Å². The minimum Gasteiger partial charge on any atom is -0.464 e. The smallest absolute Gasteiger partial charge is 0.272 e. The number of aromatic nitrogens is 2. The molecule has 1 aliphatic rings. The molecule has 2 unspecified atom stereocenters. The number of carbonyl (C=O) groups is 1. The summed E-state index contributed by atoms with van der Waals surface area (Å²) in [5.41, 5.74) is 0.411. The molecule has 7 nitrogen and oxygen atoms in total. The van der Waals surface area contributed by atoms with Crippen LogP contribution in [0.5, 0.6) is 0 Å². The number of piperidine rings is 1. The second kappa shape index (κ2) is 8.31. The summed E-state index contributed by atoms with van der Waals surface area (Å²) < 4.78 is 12.9. The molecule has 136 valence electrons. The maximum atomic E-state index is 12.6. The maximum Gasteiger partial charge on any atom is 0.272 e. The van der Waals surface area contributed by atoms with Crippen molar-refractivity contribution < 1.29 is 13.9 Å². The molecule has 1 saturated heterocycles. The van der Waals surface area contributed by atoms with E-state index in [0.29, 0.717) is 24.1 Å². The number of nitrogens with one attached hydrogen (secondary N) is 2. The standard InChI is InChI=1S/C18H26N4O3/c1-3-14-6-7-17(25-14)16(12-24-2)20-18(23)15-8-10-22(21-15)13-5-4-9-19-11-13/h6-8,10,13,16,19H,3-5,9,11-12H2,1-2H3,(H,20,23). The lowest BCUT2D eigenvalue weighted by Gasteiger charge is -2.22. The Labute approximate surface area is 147 Å². The first-order valence-electron chi connectivity index (χ1n) is 8.85. The topological polar surface area (TPSA) is 81.3 Å². The van der Waals surface area contributed by atoms with E-state index >= 15 is 0 Å².